The molecule has 4 rings (SSSR count). The van der Waals surface area contributed by atoms with E-state index < -0.39 is 7.92 Å². The van der Waals surface area contributed by atoms with Crippen LogP contribution in [0.4, 0.5) is 0 Å². The van der Waals surface area contributed by atoms with Crippen LogP contribution in [0.25, 0.3) is 0 Å². The minimum atomic E-state index is -0.652. The summed E-state index contributed by atoms with van der Waals surface area (Å²) in [5.41, 5.74) is 1.15. The van der Waals surface area contributed by atoms with Gasteiger partial charge in [0.15, 0.2) is 6.29 Å². The van der Waals surface area contributed by atoms with Crippen molar-refractivity contribution in [3.05, 3.63) is 90.5 Å². The van der Waals surface area contributed by atoms with Crippen molar-refractivity contribution in [1.29, 1.82) is 0 Å². The minimum Gasteiger partial charge on any atom is -0.348 e. The molecule has 1 fully saturated rings. The second kappa shape index (κ2) is 7.93. The molecule has 0 atom stereocenters. The van der Waals surface area contributed by atoms with Crippen molar-refractivity contribution in [2.75, 3.05) is 13.2 Å². The normalized spacial score (nSPS) is 15.4. The molecule has 0 unspecified atom stereocenters. The monoisotopic (exact) mass is 348 g/mol. The summed E-state index contributed by atoms with van der Waals surface area (Å²) in [5.74, 6) is 0. The molecule has 0 saturated carbocycles. The van der Waals surface area contributed by atoms with E-state index in [4.69, 9.17) is 9.47 Å². The molecule has 1 aliphatic rings. The summed E-state index contributed by atoms with van der Waals surface area (Å²) in [6, 6.07) is 30.0. The first-order valence-corrected chi connectivity index (χ1v) is 10.00. The molecule has 2 nitrogen and oxygen atoms in total. The van der Waals surface area contributed by atoms with E-state index in [0.29, 0.717) is 0 Å². The van der Waals surface area contributed by atoms with E-state index >= 15 is 0 Å². The molecule has 126 valence electrons. The molecule has 0 N–H and O–H groups in total. The molecular weight excluding hydrogens is 327 g/mol. The van der Waals surface area contributed by atoms with Crippen LogP contribution in [0.15, 0.2) is 84.9 Å². The average Bonchev–Trinajstić information content (AvgIpc) is 2.71. The maximum atomic E-state index is 5.91. The molecule has 25 heavy (non-hydrogen) atoms. The van der Waals surface area contributed by atoms with Crippen molar-refractivity contribution in [2.24, 2.45) is 0 Å². The van der Waals surface area contributed by atoms with Crippen molar-refractivity contribution in [1.82, 2.24) is 0 Å². The summed E-state index contributed by atoms with van der Waals surface area (Å²) in [4.78, 5) is 0. The van der Waals surface area contributed by atoms with E-state index in [0.717, 1.165) is 25.2 Å². The first-order chi connectivity index (χ1) is 12.4. The summed E-state index contributed by atoms with van der Waals surface area (Å²) in [5, 5.41) is 3.99. The van der Waals surface area contributed by atoms with E-state index in [9.17, 15) is 0 Å². The Balaban J connectivity index is 1.83. The molecule has 0 amide bonds. The highest BCUT2D eigenvalue weighted by Crippen LogP contribution is 2.36. The number of hydrogen-bond acceptors (Lipinski definition) is 2. The smallest absolute Gasteiger partial charge is 0.184 e. The van der Waals surface area contributed by atoms with Crippen LogP contribution in [-0.2, 0) is 9.47 Å². The third-order valence-electron chi connectivity index (χ3n) is 4.29. The Morgan fingerprint density at radius 1 is 0.640 bits per heavy atom. The van der Waals surface area contributed by atoms with Gasteiger partial charge < -0.3 is 9.47 Å². The molecule has 3 aromatic rings. The molecule has 0 spiro atoms. The van der Waals surface area contributed by atoms with E-state index in [1.54, 1.807) is 0 Å². The second-order valence-electron chi connectivity index (χ2n) is 5.99. The van der Waals surface area contributed by atoms with Gasteiger partial charge in [0, 0.05) is 5.56 Å². The van der Waals surface area contributed by atoms with Crippen molar-refractivity contribution in [3.8, 4) is 0 Å². The number of ether oxygens (including phenoxy) is 2. The quantitative estimate of drug-likeness (QED) is 0.666. The molecule has 1 heterocycles. The molecule has 1 aliphatic heterocycles. The van der Waals surface area contributed by atoms with E-state index in [1.165, 1.54) is 15.9 Å². The van der Waals surface area contributed by atoms with Gasteiger partial charge in [0.1, 0.15) is 0 Å². The van der Waals surface area contributed by atoms with Gasteiger partial charge in [-0.1, -0.05) is 84.9 Å². The predicted molar refractivity (Wildman–Crippen MR) is 104 cm³/mol. The molecule has 3 aromatic carbocycles. The Morgan fingerprint density at radius 3 is 1.76 bits per heavy atom. The van der Waals surface area contributed by atoms with E-state index in [1.807, 2.05) is 0 Å². The lowest BCUT2D eigenvalue weighted by Crippen LogP contribution is -2.27. The molecular formula is C22H21O2P. The van der Waals surface area contributed by atoms with Crippen molar-refractivity contribution in [2.45, 2.75) is 12.7 Å². The fraction of sp³-hybridized carbons (Fsp3) is 0.182. The van der Waals surface area contributed by atoms with Gasteiger partial charge in [0.25, 0.3) is 0 Å². The fourth-order valence-corrected chi connectivity index (χ4v) is 5.61. The molecule has 1 saturated heterocycles. The summed E-state index contributed by atoms with van der Waals surface area (Å²) < 4.78 is 11.8. The average molecular weight is 348 g/mol. The summed E-state index contributed by atoms with van der Waals surface area (Å²) in [7, 11) is -0.652. The van der Waals surface area contributed by atoms with E-state index in [2.05, 4.69) is 84.9 Å². The lowest BCUT2D eigenvalue weighted by Gasteiger charge is -2.28. The van der Waals surface area contributed by atoms with Gasteiger partial charge in [0.2, 0.25) is 0 Å². The Hall–Kier alpha value is -1.99. The second-order valence-corrected chi connectivity index (χ2v) is 8.18. The molecule has 0 radical (unpaired) electrons. The summed E-state index contributed by atoms with van der Waals surface area (Å²) >= 11 is 0. The summed E-state index contributed by atoms with van der Waals surface area (Å²) in [6.45, 7) is 1.52. The predicted octanol–water partition coefficient (Wildman–Crippen LogP) is 3.88. The van der Waals surface area contributed by atoms with Crippen molar-refractivity contribution < 1.29 is 9.47 Å². The van der Waals surface area contributed by atoms with Gasteiger partial charge >= 0.3 is 0 Å². The Labute approximate surface area is 150 Å². The van der Waals surface area contributed by atoms with Crippen LogP contribution >= 0.6 is 7.92 Å². The van der Waals surface area contributed by atoms with Crippen LogP contribution in [-0.4, -0.2) is 13.2 Å². The maximum absolute atomic E-state index is 5.91. The van der Waals surface area contributed by atoms with Crippen molar-refractivity contribution >= 4 is 23.8 Å². The highest BCUT2D eigenvalue weighted by atomic mass is 31.1. The van der Waals surface area contributed by atoms with Gasteiger partial charge in [0.05, 0.1) is 13.2 Å². The van der Waals surface area contributed by atoms with E-state index in [-0.39, 0.29) is 6.29 Å². The van der Waals surface area contributed by atoms with Crippen LogP contribution in [0.3, 0.4) is 0 Å². The van der Waals surface area contributed by atoms with Gasteiger partial charge in [-0.3, -0.25) is 0 Å². The highest BCUT2D eigenvalue weighted by Gasteiger charge is 2.25. The Morgan fingerprint density at radius 2 is 1.16 bits per heavy atom. The third-order valence-corrected chi connectivity index (χ3v) is 6.81. The number of hydrogen-bond donors (Lipinski definition) is 0. The molecule has 0 aliphatic carbocycles. The number of benzene rings is 3. The topological polar surface area (TPSA) is 18.5 Å². The highest BCUT2D eigenvalue weighted by molar-refractivity contribution is 7.79. The maximum Gasteiger partial charge on any atom is 0.184 e. The van der Waals surface area contributed by atoms with Gasteiger partial charge in [-0.15, -0.1) is 0 Å². The Kier molecular flexibility index (Phi) is 5.22. The fourth-order valence-electron chi connectivity index (χ4n) is 3.14. The third kappa shape index (κ3) is 3.67. The molecule has 0 aromatic heterocycles. The molecule has 0 bridgehead atoms. The van der Waals surface area contributed by atoms with Crippen LogP contribution in [0.5, 0.6) is 0 Å². The zero-order valence-corrected chi connectivity index (χ0v) is 14.9. The lowest BCUT2D eigenvalue weighted by molar-refractivity contribution is -0.182. The van der Waals surface area contributed by atoms with Gasteiger partial charge in [-0.05, 0) is 30.3 Å². The van der Waals surface area contributed by atoms with Gasteiger partial charge in [-0.25, -0.2) is 0 Å². The number of rotatable bonds is 4. The Bertz CT molecular complexity index is 759. The van der Waals surface area contributed by atoms with Gasteiger partial charge in [-0.2, -0.15) is 0 Å². The molecule has 3 heteroatoms. The zero-order chi connectivity index (χ0) is 16.9. The van der Waals surface area contributed by atoms with Crippen LogP contribution in [0.2, 0.25) is 0 Å². The first kappa shape index (κ1) is 16.5. The SMILES string of the molecule is c1ccc(P(c2ccccc2)c2ccccc2C2OCCCO2)cc1. The largest absolute Gasteiger partial charge is 0.348 e. The summed E-state index contributed by atoms with van der Waals surface area (Å²) in [6.07, 6.45) is 0.701. The van der Waals surface area contributed by atoms with Crippen LogP contribution in [0.1, 0.15) is 18.3 Å². The van der Waals surface area contributed by atoms with Crippen LogP contribution in [0, 0.1) is 0 Å². The first-order valence-electron chi connectivity index (χ1n) is 8.66. The zero-order valence-electron chi connectivity index (χ0n) is 14.0. The standard InChI is InChI=1S/C22H21O2P/c1-3-10-18(11-4-1)25(19-12-5-2-6-13-19)21-15-8-7-14-20(21)22-23-16-9-17-24-22/h1-8,10-15,22H,9,16-17H2. The van der Waals surface area contributed by atoms with Crippen molar-refractivity contribution in [3.63, 3.8) is 0 Å². The lowest BCUT2D eigenvalue weighted by atomic mass is 10.2. The van der Waals surface area contributed by atoms with Crippen LogP contribution < -0.4 is 15.9 Å². The minimum absolute atomic E-state index is 0.262.